The lowest BCUT2D eigenvalue weighted by molar-refractivity contribution is 0.253. The van der Waals surface area contributed by atoms with Crippen LogP contribution in [0.15, 0.2) is 17.0 Å². The summed E-state index contributed by atoms with van der Waals surface area (Å²) in [6, 6.07) is 3.09. The summed E-state index contributed by atoms with van der Waals surface area (Å²) in [5.74, 6) is 1.22. The van der Waals surface area contributed by atoms with Crippen LogP contribution in [0.1, 0.15) is 31.4 Å². The summed E-state index contributed by atoms with van der Waals surface area (Å²) in [4.78, 5) is 0.120. The van der Waals surface area contributed by atoms with E-state index in [0.29, 0.717) is 12.5 Å². The molecule has 18 heavy (non-hydrogen) atoms. The van der Waals surface area contributed by atoms with Crippen LogP contribution in [-0.4, -0.2) is 15.0 Å². The summed E-state index contributed by atoms with van der Waals surface area (Å²) in [5, 5.41) is 0. The van der Waals surface area contributed by atoms with Crippen molar-refractivity contribution in [1.29, 1.82) is 0 Å². The molecule has 1 aromatic rings. The first-order chi connectivity index (χ1) is 8.25. The van der Waals surface area contributed by atoms with E-state index in [0.717, 1.165) is 23.3 Å². The van der Waals surface area contributed by atoms with Gasteiger partial charge in [0.05, 0.1) is 11.5 Å². The maximum atomic E-state index is 11.3. The van der Waals surface area contributed by atoms with Crippen molar-refractivity contribution in [3.05, 3.63) is 23.3 Å². The molecule has 0 spiro atoms. The number of ether oxygens (including phenoxy) is 1. The highest BCUT2D eigenvalue weighted by atomic mass is 35.7. The predicted molar refractivity (Wildman–Crippen MR) is 73.9 cm³/mol. The second-order valence-corrected chi connectivity index (χ2v) is 7.21. The van der Waals surface area contributed by atoms with Gasteiger partial charge in [0, 0.05) is 10.7 Å². The summed E-state index contributed by atoms with van der Waals surface area (Å²) in [6.07, 6.45) is 1.05. The molecule has 5 heteroatoms. The lowest BCUT2D eigenvalue weighted by atomic mass is 10.1. The number of halogens is 1. The Morgan fingerprint density at radius 3 is 2.17 bits per heavy atom. The van der Waals surface area contributed by atoms with E-state index in [4.69, 9.17) is 15.4 Å². The van der Waals surface area contributed by atoms with Crippen molar-refractivity contribution in [2.24, 2.45) is 5.92 Å². The molecular formula is C13H19ClO3S. The Kier molecular flexibility index (Phi) is 5.05. The third-order valence-electron chi connectivity index (χ3n) is 2.92. The minimum Gasteiger partial charge on any atom is -0.493 e. The largest absolute Gasteiger partial charge is 0.493 e. The van der Waals surface area contributed by atoms with Crippen molar-refractivity contribution >= 4 is 19.7 Å². The fourth-order valence-electron chi connectivity index (χ4n) is 1.62. The second-order valence-electron chi connectivity index (χ2n) is 4.65. The molecule has 0 saturated carbocycles. The van der Waals surface area contributed by atoms with Gasteiger partial charge in [0.1, 0.15) is 5.75 Å². The summed E-state index contributed by atoms with van der Waals surface area (Å²) in [5.41, 5.74) is 1.58. The molecule has 0 heterocycles. The Bertz CT molecular complexity index is 500. The zero-order valence-electron chi connectivity index (χ0n) is 11.2. The normalized spacial score (nSPS) is 13.4. The van der Waals surface area contributed by atoms with Gasteiger partial charge in [0.25, 0.3) is 9.05 Å². The van der Waals surface area contributed by atoms with Gasteiger partial charge in [-0.3, -0.25) is 0 Å². The van der Waals surface area contributed by atoms with E-state index in [2.05, 4.69) is 13.8 Å². The van der Waals surface area contributed by atoms with E-state index in [9.17, 15) is 8.42 Å². The van der Waals surface area contributed by atoms with Crippen LogP contribution in [0.3, 0.4) is 0 Å². The van der Waals surface area contributed by atoms with Gasteiger partial charge in [0.15, 0.2) is 0 Å². The van der Waals surface area contributed by atoms with Gasteiger partial charge in [-0.25, -0.2) is 8.42 Å². The average molecular weight is 291 g/mol. The summed E-state index contributed by atoms with van der Waals surface area (Å²) < 4.78 is 28.3. The van der Waals surface area contributed by atoms with E-state index in [1.165, 1.54) is 0 Å². The van der Waals surface area contributed by atoms with Gasteiger partial charge in [-0.1, -0.05) is 20.3 Å². The van der Waals surface area contributed by atoms with E-state index >= 15 is 0 Å². The molecular weight excluding hydrogens is 272 g/mol. The van der Waals surface area contributed by atoms with Crippen molar-refractivity contribution in [3.63, 3.8) is 0 Å². The molecule has 1 atom stereocenters. The van der Waals surface area contributed by atoms with Crippen LogP contribution in [0.25, 0.3) is 0 Å². The van der Waals surface area contributed by atoms with Crippen molar-refractivity contribution in [2.45, 2.75) is 39.0 Å². The molecule has 0 aliphatic rings. The minimum atomic E-state index is -3.68. The molecule has 0 saturated heterocycles. The first-order valence-corrected chi connectivity index (χ1v) is 8.25. The molecule has 1 rings (SSSR count). The summed E-state index contributed by atoms with van der Waals surface area (Å²) >= 11 is 0. The topological polar surface area (TPSA) is 43.4 Å². The van der Waals surface area contributed by atoms with Crippen LogP contribution in [0.4, 0.5) is 0 Å². The summed E-state index contributed by atoms with van der Waals surface area (Å²) in [6.45, 7) is 8.50. The number of rotatable bonds is 5. The van der Waals surface area contributed by atoms with Crippen LogP contribution in [-0.2, 0) is 9.05 Å². The van der Waals surface area contributed by atoms with E-state index in [1.807, 2.05) is 13.8 Å². The van der Waals surface area contributed by atoms with Gasteiger partial charge >= 0.3 is 0 Å². The molecule has 0 bridgehead atoms. The molecule has 1 aromatic carbocycles. The van der Waals surface area contributed by atoms with Crippen LogP contribution < -0.4 is 4.74 Å². The number of benzene rings is 1. The maximum Gasteiger partial charge on any atom is 0.261 e. The standard InChI is InChI=1S/C13H19ClO3S/c1-5-9(2)8-17-13-10(3)6-12(7-11(13)4)18(14,15)16/h6-7,9H,5,8H2,1-4H3. The highest BCUT2D eigenvalue weighted by Crippen LogP contribution is 2.28. The van der Waals surface area contributed by atoms with Crippen LogP contribution in [0.2, 0.25) is 0 Å². The van der Waals surface area contributed by atoms with Gasteiger partial charge in [-0.2, -0.15) is 0 Å². The Labute approximate surface area is 114 Å². The Hall–Kier alpha value is -0.740. The molecule has 102 valence electrons. The fourth-order valence-corrected chi connectivity index (χ4v) is 2.52. The quantitative estimate of drug-likeness (QED) is 0.777. The molecule has 0 fully saturated rings. The second kappa shape index (κ2) is 5.93. The van der Waals surface area contributed by atoms with Crippen LogP contribution in [0, 0.1) is 19.8 Å². The van der Waals surface area contributed by atoms with Crippen LogP contribution in [0.5, 0.6) is 5.75 Å². The number of hydrogen-bond acceptors (Lipinski definition) is 3. The highest BCUT2D eigenvalue weighted by molar-refractivity contribution is 8.13. The van der Waals surface area contributed by atoms with Crippen molar-refractivity contribution in [2.75, 3.05) is 6.61 Å². The van der Waals surface area contributed by atoms with Gasteiger partial charge < -0.3 is 4.74 Å². The molecule has 1 unspecified atom stereocenters. The Balaban J connectivity index is 3.02. The fraction of sp³-hybridized carbons (Fsp3) is 0.538. The number of hydrogen-bond donors (Lipinski definition) is 0. The Morgan fingerprint density at radius 1 is 1.28 bits per heavy atom. The van der Waals surface area contributed by atoms with Gasteiger partial charge in [-0.05, 0) is 43.0 Å². The van der Waals surface area contributed by atoms with Crippen molar-refractivity contribution in [1.82, 2.24) is 0 Å². The average Bonchev–Trinajstić information content (AvgIpc) is 2.26. The molecule has 0 aliphatic heterocycles. The molecule has 0 radical (unpaired) electrons. The van der Waals surface area contributed by atoms with E-state index in [1.54, 1.807) is 12.1 Å². The smallest absolute Gasteiger partial charge is 0.261 e. The van der Waals surface area contributed by atoms with Crippen molar-refractivity contribution in [3.8, 4) is 5.75 Å². The molecule has 0 amide bonds. The first-order valence-electron chi connectivity index (χ1n) is 5.94. The monoisotopic (exact) mass is 290 g/mol. The molecule has 0 aliphatic carbocycles. The lowest BCUT2D eigenvalue weighted by Gasteiger charge is -2.15. The molecule has 0 N–H and O–H groups in total. The molecule has 3 nitrogen and oxygen atoms in total. The molecule has 0 aromatic heterocycles. The third kappa shape index (κ3) is 3.89. The first kappa shape index (κ1) is 15.3. The zero-order valence-corrected chi connectivity index (χ0v) is 12.7. The van der Waals surface area contributed by atoms with Gasteiger partial charge in [0.2, 0.25) is 0 Å². The number of aryl methyl sites for hydroxylation is 2. The van der Waals surface area contributed by atoms with Crippen LogP contribution >= 0.6 is 10.7 Å². The Morgan fingerprint density at radius 2 is 1.78 bits per heavy atom. The minimum absolute atomic E-state index is 0.120. The van der Waals surface area contributed by atoms with E-state index < -0.39 is 9.05 Å². The lowest BCUT2D eigenvalue weighted by Crippen LogP contribution is -2.09. The maximum absolute atomic E-state index is 11.3. The summed E-state index contributed by atoms with van der Waals surface area (Å²) in [7, 11) is 1.65. The predicted octanol–water partition coefficient (Wildman–Crippen LogP) is 3.66. The van der Waals surface area contributed by atoms with Gasteiger partial charge in [-0.15, -0.1) is 0 Å². The third-order valence-corrected chi connectivity index (χ3v) is 4.26. The zero-order chi connectivity index (χ0) is 13.9. The highest BCUT2D eigenvalue weighted by Gasteiger charge is 2.15. The van der Waals surface area contributed by atoms with Crippen molar-refractivity contribution < 1.29 is 13.2 Å². The van der Waals surface area contributed by atoms with E-state index in [-0.39, 0.29) is 4.90 Å². The SMILES string of the molecule is CCC(C)COc1c(C)cc(S(=O)(=O)Cl)cc1C.